The van der Waals surface area contributed by atoms with Gasteiger partial charge in [0.2, 0.25) is 0 Å². The lowest BCUT2D eigenvalue weighted by Crippen LogP contribution is -2.42. The molecule has 1 saturated heterocycles. The Labute approximate surface area is 101 Å². The van der Waals surface area contributed by atoms with Gasteiger partial charge in [-0.2, -0.15) is 0 Å². The zero-order valence-corrected chi connectivity index (χ0v) is 10.0. The third-order valence-electron chi connectivity index (χ3n) is 3.18. The van der Waals surface area contributed by atoms with Crippen LogP contribution in [0.5, 0.6) is 0 Å². The van der Waals surface area contributed by atoms with Crippen LogP contribution in [0.15, 0.2) is 18.2 Å². The predicted molar refractivity (Wildman–Crippen MR) is 66.4 cm³/mol. The van der Waals surface area contributed by atoms with Gasteiger partial charge in [-0.3, -0.25) is 4.79 Å². The average molecular weight is 234 g/mol. The number of amides is 1. The van der Waals surface area contributed by atoms with Crippen LogP contribution in [0.4, 0.5) is 5.82 Å². The molecule has 0 aliphatic carbocycles. The summed E-state index contributed by atoms with van der Waals surface area (Å²) in [6, 6.07) is 5.54. The molecule has 1 aliphatic heterocycles. The van der Waals surface area contributed by atoms with Crippen LogP contribution in [0.2, 0.25) is 0 Å². The number of hydrogen-bond donors (Lipinski definition) is 2. The number of nitrogens with one attached hydrogen (secondary N) is 1. The highest BCUT2D eigenvalue weighted by molar-refractivity contribution is 5.92. The predicted octanol–water partition coefficient (Wildman–Crippen LogP) is 1.38. The Morgan fingerprint density at radius 1 is 1.53 bits per heavy atom. The van der Waals surface area contributed by atoms with Crippen molar-refractivity contribution in [2.75, 3.05) is 12.0 Å². The second kappa shape index (κ2) is 5.14. The first-order chi connectivity index (χ1) is 8.22. The summed E-state index contributed by atoms with van der Waals surface area (Å²) in [6.07, 6.45) is 3.34. The SMILES string of the molecule is CC1CCCCN1C(=O)c1cccc(NN)n1. The molecule has 3 N–H and O–H groups in total. The van der Waals surface area contributed by atoms with E-state index in [1.54, 1.807) is 18.2 Å². The van der Waals surface area contributed by atoms with Gasteiger partial charge in [0.1, 0.15) is 11.5 Å². The van der Waals surface area contributed by atoms with E-state index < -0.39 is 0 Å². The number of hydrogen-bond acceptors (Lipinski definition) is 4. The Kier molecular flexibility index (Phi) is 3.58. The number of carbonyl (C=O) groups excluding carboxylic acids is 1. The number of rotatable bonds is 2. The quantitative estimate of drug-likeness (QED) is 0.599. The fourth-order valence-corrected chi connectivity index (χ4v) is 2.18. The van der Waals surface area contributed by atoms with Crippen molar-refractivity contribution in [2.45, 2.75) is 32.2 Å². The minimum Gasteiger partial charge on any atom is -0.335 e. The molecule has 2 rings (SSSR count). The monoisotopic (exact) mass is 234 g/mol. The number of nitrogens with two attached hydrogens (primary N) is 1. The standard InChI is InChI=1S/C12H18N4O/c1-9-5-2-3-8-16(9)12(17)10-6-4-7-11(14-10)15-13/h4,6-7,9H,2-3,5,8,13H2,1H3,(H,14,15). The van der Waals surface area contributed by atoms with Gasteiger partial charge in [0.25, 0.3) is 5.91 Å². The molecular weight excluding hydrogens is 216 g/mol. The fourth-order valence-electron chi connectivity index (χ4n) is 2.18. The lowest BCUT2D eigenvalue weighted by molar-refractivity contribution is 0.0629. The van der Waals surface area contributed by atoms with Crippen LogP contribution in [-0.4, -0.2) is 28.4 Å². The minimum absolute atomic E-state index is 0.00528. The van der Waals surface area contributed by atoms with Crippen molar-refractivity contribution < 1.29 is 4.79 Å². The van der Waals surface area contributed by atoms with E-state index in [4.69, 9.17) is 5.84 Å². The van der Waals surface area contributed by atoms with Crippen molar-refractivity contribution in [2.24, 2.45) is 5.84 Å². The molecule has 1 amide bonds. The van der Waals surface area contributed by atoms with E-state index in [-0.39, 0.29) is 5.91 Å². The highest BCUT2D eigenvalue weighted by Gasteiger charge is 2.24. The molecule has 1 atom stereocenters. The summed E-state index contributed by atoms with van der Waals surface area (Å²) in [5.74, 6) is 5.80. The molecule has 0 spiro atoms. The number of likely N-dealkylation sites (tertiary alicyclic amines) is 1. The molecular formula is C12H18N4O. The topological polar surface area (TPSA) is 71.2 Å². The summed E-state index contributed by atoms with van der Waals surface area (Å²) in [5, 5.41) is 0. The van der Waals surface area contributed by atoms with Crippen LogP contribution >= 0.6 is 0 Å². The molecule has 17 heavy (non-hydrogen) atoms. The van der Waals surface area contributed by atoms with Gasteiger partial charge in [-0.1, -0.05) is 6.07 Å². The third kappa shape index (κ3) is 2.55. The average Bonchev–Trinajstić information content (AvgIpc) is 2.38. The number of aromatic nitrogens is 1. The van der Waals surface area contributed by atoms with E-state index in [0.29, 0.717) is 17.6 Å². The molecule has 0 bridgehead atoms. The minimum atomic E-state index is -0.00528. The van der Waals surface area contributed by atoms with Crippen molar-refractivity contribution in [1.82, 2.24) is 9.88 Å². The molecule has 2 heterocycles. The molecule has 1 aliphatic rings. The molecule has 0 radical (unpaired) electrons. The second-order valence-corrected chi connectivity index (χ2v) is 4.40. The number of nitrogens with zero attached hydrogens (tertiary/aromatic N) is 2. The highest BCUT2D eigenvalue weighted by atomic mass is 16.2. The molecule has 1 unspecified atom stereocenters. The molecule has 0 saturated carbocycles. The van der Waals surface area contributed by atoms with Crippen molar-refractivity contribution >= 4 is 11.7 Å². The van der Waals surface area contributed by atoms with Gasteiger partial charge in [0, 0.05) is 12.6 Å². The number of pyridine rings is 1. The van der Waals surface area contributed by atoms with Gasteiger partial charge < -0.3 is 10.3 Å². The van der Waals surface area contributed by atoms with Crippen molar-refractivity contribution in [3.8, 4) is 0 Å². The maximum Gasteiger partial charge on any atom is 0.272 e. The van der Waals surface area contributed by atoms with Gasteiger partial charge in [-0.15, -0.1) is 0 Å². The van der Waals surface area contributed by atoms with E-state index in [2.05, 4.69) is 17.3 Å². The first-order valence-corrected chi connectivity index (χ1v) is 5.97. The number of hydrazine groups is 1. The largest absolute Gasteiger partial charge is 0.335 e. The lowest BCUT2D eigenvalue weighted by Gasteiger charge is -2.33. The van der Waals surface area contributed by atoms with E-state index in [0.717, 1.165) is 19.4 Å². The summed E-state index contributed by atoms with van der Waals surface area (Å²) in [5.41, 5.74) is 2.91. The van der Waals surface area contributed by atoms with Crippen LogP contribution in [0.25, 0.3) is 0 Å². The molecule has 0 aromatic carbocycles. The van der Waals surface area contributed by atoms with Gasteiger partial charge in [-0.05, 0) is 38.3 Å². The summed E-state index contributed by atoms with van der Waals surface area (Å²) in [4.78, 5) is 18.3. The third-order valence-corrected chi connectivity index (χ3v) is 3.18. The summed E-state index contributed by atoms with van der Waals surface area (Å²) >= 11 is 0. The molecule has 5 heteroatoms. The van der Waals surface area contributed by atoms with E-state index in [1.165, 1.54) is 6.42 Å². The lowest BCUT2D eigenvalue weighted by atomic mass is 10.0. The molecule has 1 aromatic heterocycles. The normalized spacial score (nSPS) is 20.1. The maximum absolute atomic E-state index is 12.3. The van der Waals surface area contributed by atoms with E-state index >= 15 is 0 Å². The Hall–Kier alpha value is -1.62. The summed E-state index contributed by atoms with van der Waals surface area (Å²) in [7, 11) is 0. The van der Waals surface area contributed by atoms with Gasteiger partial charge in [0.05, 0.1) is 0 Å². The maximum atomic E-state index is 12.3. The zero-order chi connectivity index (χ0) is 12.3. The second-order valence-electron chi connectivity index (χ2n) is 4.40. The number of carbonyl (C=O) groups is 1. The van der Waals surface area contributed by atoms with Gasteiger partial charge in [0.15, 0.2) is 0 Å². The first kappa shape index (κ1) is 11.9. The van der Waals surface area contributed by atoms with E-state index in [1.807, 2.05) is 4.90 Å². The Bertz CT molecular complexity index is 407. The number of nitrogen functional groups attached to an aromatic ring is 1. The molecule has 1 fully saturated rings. The summed E-state index contributed by atoms with van der Waals surface area (Å²) in [6.45, 7) is 2.91. The Balaban J connectivity index is 2.17. The van der Waals surface area contributed by atoms with Crippen molar-refractivity contribution in [1.29, 1.82) is 0 Å². The van der Waals surface area contributed by atoms with Crippen LogP contribution in [0.3, 0.4) is 0 Å². The fraction of sp³-hybridized carbons (Fsp3) is 0.500. The van der Waals surface area contributed by atoms with Gasteiger partial charge >= 0.3 is 0 Å². The van der Waals surface area contributed by atoms with Crippen LogP contribution in [0, 0.1) is 0 Å². The van der Waals surface area contributed by atoms with Crippen LogP contribution < -0.4 is 11.3 Å². The number of anilines is 1. The Morgan fingerprint density at radius 3 is 3.06 bits per heavy atom. The number of piperidine rings is 1. The first-order valence-electron chi connectivity index (χ1n) is 5.97. The summed E-state index contributed by atoms with van der Waals surface area (Å²) < 4.78 is 0. The zero-order valence-electron chi connectivity index (χ0n) is 10.0. The smallest absolute Gasteiger partial charge is 0.272 e. The van der Waals surface area contributed by atoms with Crippen LogP contribution in [0.1, 0.15) is 36.7 Å². The van der Waals surface area contributed by atoms with E-state index in [9.17, 15) is 4.79 Å². The highest BCUT2D eigenvalue weighted by Crippen LogP contribution is 2.18. The Morgan fingerprint density at radius 2 is 2.35 bits per heavy atom. The van der Waals surface area contributed by atoms with Crippen molar-refractivity contribution in [3.63, 3.8) is 0 Å². The van der Waals surface area contributed by atoms with Gasteiger partial charge in [-0.25, -0.2) is 10.8 Å². The molecule has 92 valence electrons. The molecule has 1 aromatic rings. The van der Waals surface area contributed by atoms with Crippen molar-refractivity contribution in [3.05, 3.63) is 23.9 Å². The van der Waals surface area contributed by atoms with Crippen LogP contribution in [-0.2, 0) is 0 Å². The molecule has 5 nitrogen and oxygen atoms in total.